The van der Waals surface area contributed by atoms with Crippen LogP contribution in [0.4, 0.5) is 0 Å². The first-order valence-electron chi connectivity index (χ1n) is 7.28. The van der Waals surface area contributed by atoms with Gasteiger partial charge >= 0.3 is 5.97 Å². The molecule has 1 heterocycles. The number of aliphatic carboxylic acids is 1. The minimum absolute atomic E-state index is 0.0568. The third-order valence-electron chi connectivity index (χ3n) is 5.10. The summed E-state index contributed by atoms with van der Waals surface area (Å²) in [5.41, 5.74) is -0.412. The molecule has 0 spiro atoms. The monoisotopic (exact) mass is 343 g/mol. The van der Waals surface area contributed by atoms with E-state index in [-0.39, 0.29) is 23.9 Å². The first-order valence-corrected chi connectivity index (χ1v) is 9.09. The van der Waals surface area contributed by atoms with Gasteiger partial charge in [0, 0.05) is 18.1 Å². The molecule has 2 fully saturated rings. The van der Waals surface area contributed by atoms with Crippen molar-refractivity contribution in [3.05, 3.63) is 28.8 Å². The number of carboxylic acid groups (broad SMARTS) is 1. The van der Waals surface area contributed by atoms with E-state index in [9.17, 15) is 18.3 Å². The van der Waals surface area contributed by atoms with E-state index >= 15 is 0 Å². The normalized spacial score (nSPS) is 28.7. The van der Waals surface area contributed by atoms with Crippen LogP contribution in [0.2, 0.25) is 5.02 Å². The summed E-state index contributed by atoms with van der Waals surface area (Å²) < 4.78 is 27.1. The average molecular weight is 344 g/mol. The zero-order chi connectivity index (χ0) is 16.1. The van der Waals surface area contributed by atoms with Crippen molar-refractivity contribution in [2.75, 3.05) is 13.1 Å². The van der Waals surface area contributed by atoms with Gasteiger partial charge in [0.1, 0.15) is 0 Å². The lowest BCUT2D eigenvalue weighted by molar-refractivity contribution is -0.149. The number of fused-ring (bicyclic) bond motifs is 1. The zero-order valence-electron chi connectivity index (χ0n) is 12.3. The summed E-state index contributed by atoms with van der Waals surface area (Å²) in [6, 6.07) is 4.78. The molecule has 1 aliphatic carbocycles. The second kappa shape index (κ2) is 5.22. The minimum atomic E-state index is -3.72. The first kappa shape index (κ1) is 15.8. The van der Waals surface area contributed by atoms with Crippen LogP contribution in [0.5, 0.6) is 0 Å². The van der Waals surface area contributed by atoms with Crippen LogP contribution in [0.1, 0.15) is 24.8 Å². The highest BCUT2D eigenvalue weighted by atomic mass is 35.5. The number of halogens is 1. The Labute approximate surface area is 134 Å². The molecule has 0 radical (unpaired) electrons. The van der Waals surface area contributed by atoms with Gasteiger partial charge in [-0.15, -0.1) is 0 Å². The zero-order valence-corrected chi connectivity index (χ0v) is 13.8. The SMILES string of the molecule is Cc1c(Cl)cccc1S(=O)(=O)N1C[C@@H]2CCC[C@@]2(C(=O)O)C1. The highest BCUT2D eigenvalue weighted by molar-refractivity contribution is 7.89. The summed E-state index contributed by atoms with van der Waals surface area (Å²) >= 11 is 6.02. The fourth-order valence-electron chi connectivity index (χ4n) is 3.78. The van der Waals surface area contributed by atoms with Gasteiger partial charge in [-0.05, 0) is 43.4 Å². The molecule has 1 aromatic carbocycles. The molecule has 22 heavy (non-hydrogen) atoms. The van der Waals surface area contributed by atoms with Gasteiger partial charge in [0.05, 0.1) is 10.3 Å². The molecule has 3 rings (SSSR count). The smallest absolute Gasteiger partial charge is 0.311 e. The van der Waals surface area contributed by atoms with Gasteiger partial charge in [-0.3, -0.25) is 4.79 Å². The van der Waals surface area contributed by atoms with E-state index in [1.165, 1.54) is 10.4 Å². The number of carbonyl (C=O) groups is 1. The molecule has 1 N–H and O–H groups in total. The van der Waals surface area contributed by atoms with Crippen molar-refractivity contribution < 1.29 is 18.3 Å². The lowest BCUT2D eigenvalue weighted by atomic mass is 9.81. The molecule has 1 saturated heterocycles. The Balaban J connectivity index is 1.99. The van der Waals surface area contributed by atoms with E-state index < -0.39 is 21.4 Å². The topological polar surface area (TPSA) is 74.7 Å². The Morgan fingerprint density at radius 3 is 2.82 bits per heavy atom. The van der Waals surface area contributed by atoms with Crippen LogP contribution >= 0.6 is 11.6 Å². The predicted molar refractivity (Wildman–Crippen MR) is 82.4 cm³/mol. The Morgan fingerprint density at radius 1 is 1.45 bits per heavy atom. The summed E-state index contributed by atoms with van der Waals surface area (Å²) in [6.07, 6.45) is 2.17. The third kappa shape index (κ3) is 2.16. The van der Waals surface area contributed by atoms with Crippen molar-refractivity contribution in [3.63, 3.8) is 0 Å². The van der Waals surface area contributed by atoms with Crippen molar-refractivity contribution in [2.45, 2.75) is 31.1 Å². The predicted octanol–water partition coefficient (Wildman–Crippen LogP) is 2.52. The fourth-order valence-corrected chi connectivity index (χ4v) is 5.81. The number of carboxylic acids is 1. The molecule has 2 atom stereocenters. The lowest BCUT2D eigenvalue weighted by Gasteiger charge is -2.23. The summed E-state index contributed by atoms with van der Waals surface area (Å²) in [7, 11) is -3.72. The van der Waals surface area contributed by atoms with Gasteiger partial charge in [0.2, 0.25) is 10.0 Å². The van der Waals surface area contributed by atoms with Crippen LogP contribution in [-0.4, -0.2) is 36.9 Å². The summed E-state index contributed by atoms with van der Waals surface area (Å²) in [5, 5.41) is 9.98. The minimum Gasteiger partial charge on any atom is -0.481 e. The van der Waals surface area contributed by atoms with Gasteiger partial charge in [0.25, 0.3) is 0 Å². The second-order valence-electron chi connectivity index (χ2n) is 6.21. The van der Waals surface area contributed by atoms with Gasteiger partial charge in [0.15, 0.2) is 0 Å². The maximum Gasteiger partial charge on any atom is 0.311 e. The molecule has 1 aliphatic heterocycles. The van der Waals surface area contributed by atoms with Gasteiger partial charge < -0.3 is 5.11 Å². The van der Waals surface area contributed by atoms with Crippen LogP contribution in [-0.2, 0) is 14.8 Å². The van der Waals surface area contributed by atoms with E-state index in [1.54, 1.807) is 19.1 Å². The molecule has 0 bridgehead atoms. The molecule has 7 heteroatoms. The van der Waals surface area contributed by atoms with Crippen LogP contribution in [0.25, 0.3) is 0 Å². The lowest BCUT2D eigenvalue weighted by Crippen LogP contribution is -2.37. The van der Waals surface area contributed by atoms with Crippen molar-refractivity contribution in [3.8, 4) is 0 Å². The highest BCUT2D eigenvalue weighted by Gasteiger charge is 2.57. The van der Waals surface area contributed by atoms with Gasteiger partial charge in [-0.2, -0.15) is 4.31 Å². The Bertz CT molecular complexity index is 733. The van der Waals surface area contributed by atoms with Gasteiger partial charge in [-0.25, -0.2) is 8.42 Å². The van der Waals surface area contributed by atoms with Gasteiger partial charge in [-0.1, -0.05) is 24.1 Å². The second-order valence-corrected chi connectivity index (χ2v) is 8.52. The summed E-state index contributed by atoms with van der Waals surface area (Å²) in [4.78, 5) is 11.9. The number of benzene rings is 1. The third-order valence-corrected chi connectivity index (χ3v) is 7.47. The van der Waals surface area contributed by atoms with E-state index in [2.05, 4.69) is 0 Å². The molecule has 120 valence electrons. The van der Waals surface area contributed by atoms with Crippen LogP contribution in [0.15, 0.2) is 23.1 Å². The van der Waals surface area contributed by atoms with E-state index in [1.807, 2.05) is 0 Å². The van der Waals surface area contributed by atoms with Crippen molar-refractivity contribution in [1.82, 2.24) is 4.31 Å². The van der Waals surface area contributed by atoms with E-state index in [4.69, 9.17) is 11.6 Å². The molecule has 5 nitrogen and oxygen atoms in total. The molecular weight excluding hydrogens is 326 g/mol. The highest BCUT2D eigenvalue weighted by Crippen LogP contribution is 2.50. The van der Waals surface area contributed by atoms with Crippen LogP contribution < -0.4 is 0 Å². The molecule has 0 aromatic heterocycles. The Morgan fingerprint density at radius 2 is 2.18 bits per heavy atom. The summed E-state index contributed by atoms with van der Waals surface area (Å²) in [6.45, 7) is 2.00. The number of rotatable bonds is 3. The van der Waals surface area contributed by atoms with Crippen LogP contribution in [0, 0.1) is 18.3 Å². The molecule has 2 aliphatic rings. The maximum absolute atomic E-state index is 12.9. The molecule has 0 amide bonds. The number of sulfonamides is 1. The molecule has 1 aromatic rings. The summed E-state index contributed by atoms with van der Waals surface area (Å²) in [5.74, 6) is -0.977. The molecular formula is C15H18ClNO4S. The standard InChI is InChI=1S/C15H18ClNO4S/c1-10-12(16)5-2-6-13(10)22(20,21)17-8-11-4-3-7-15(11,9-17)14(18)19/h2,5-6,11H,3-4,7-9H2,1H3,(H,18,19)/t11-,15+/m0/s1. The van der Waals surface area contributed by atoms with Crippen molar-refractivity contribution in [1.29, 1.82) is 0 Å². The first-order chi connectivity index (χ1) is 10.3. The maximum atomic E-state index is 12.9. The Kier molecular flexibility index (Phi) is 3.74. The van der Waals surface area contributed by atoms with Crippen molar-refractivity contribution in [2.24, 2.45) is 11.3 Å². The largest absolute Gasteiger partial charge is 0.481 e. The van der Waals surface area contributed by atoms with E-state index in [0.29, 0.717) is 17.0 Å². The van der Waals surface area contributed by atoms with Crippen LogP contribution in [0.3, 0.4) is 0 Å². The van der Waals surface area contributed by atoms with E-state index in [0.717, 1.165) is 12.8 Å². The quantitative estimate of drug-likeness (QED) is 0.915. The number of hydrogen-bond donors (Lipinski definition) is 1. The molecule has 0 unspecified atom stereocenters. The Hall–Kier alpha value is -1.11. The van der Waals surface area contributed by atoms with Crippen molar-refractivity contribution >= 4 is 27.6 Å². The average Bonchev–Trinajstić information content (AvgIpc) is 2.99. The molecule has 1 saturated carbocycles. The fraction of sp³-hybridized carbons (Fsp3) is 0.533. The number of hydrogen-bond acceptors (Lipinski definition) is 3. The number of nitrogens with zero attached hydrogens (tertiary/aromatic N) is 1.